The number of nitriles is 1. The molecule has 1 unspecified atom stereocenters. The highest BCUT2D eigenvalue weighted by atomic mass is 16.6. The third-order valence-electron chi connectivity index (χ3n) is 3.71. The molecule has 0 bridgehead atoms. The molecule has 0 aromatic heterocycles. The van der Waals surface area contributed by atoms with Crippen LogP contribution in [0.15, 0.2) is 24.3 Å². The number of hydrogen-bond donors (Lipinski definition) is 0. The minimum atomic E-state index is -0.590. The number of carbonyl (C=O) groups is 2. The lowest BCUT2D eigenvalue weighted by Gasteiger charge is -2.30. The Morgan fingerprint density at radius 3 is 2.70 bits per heavy atom. The lowest BCUT2D eigenvalue weighted by molar-refractivity contribution is -0.154. The second kappa shape index (κ2) is 8.18. The van der Waals surface area contributed by atoms with E-state index in [1.807, 2.05) is 6.07 Å². The highest BCUT2D eigenvalue weighted by Gasteiger charge is 2.21. The smallest absolute Gasteiger partial charge is 0.344 e. The highest BCUT2D eigenvalue weighted by Crippen LogP contribution is 2.15. The Balaban J connectivity index is 1.70. The maximum Gasteiger partial charge on any atom is 0.344 e. The Morgan fingerprint density at radius 1 is 1.30 bits per heavy atom. The average molecular weight is 316 g/mol. The van der Waals surface area contributed by atoms with Gasteiger partial charge in [0.05, 0.1) is 11.6 Å². The van der Waals surface area contributed by atoms with Crippen molar-refractivity contribution in [3.8, 4) is 11.8 Å². The molecule has 0 spiro atoms. The van der Waals surface area contributed by atoms with Crippen LogP contribution >= 0.6 is 0 Å². The van der Waals surface area contributed by atoms with Crippen LogP contribution in [0.25, 0.3) is 0 Å². The van der Waals surface area contributed by atoms with Gasteiger partial charge in [0.15, 0.2) is 13.2 Å². The topological polar surface area (TPSA) is 79.6 Å². The van der Waals surface area contributed by atoms with Crippen molar-refractivity contribution in [1.29, 1.82) is 5.26 Å². The molecule has 1 fully saturated rings. The number of benzene rings is 1. The van der Waals surface area contributed by atoms with Crippen molar-refractivity contribution in [1.82, 2.24) is 4.90 Å². The fraction of sp³-hybridized carbons (Fsp3) is 0.471. The molecule has 1 aliphatic heterocycles. The zero-order chi connectivity index (χ0) is 16.7. The van der Waals surface area contributed by atoms with Crippen molar-refractivity contribution in [2.24, 2.45) is 5.92 Å². The van der Waals surface area contributed by atoms with Crippen LogP contribution in [0.4, 0.5) is 0 Å². The van der Waals surface area contributed by atoms with E-state index in [2.05, 4.69) is 6.92 Å². The summed E-state index contributed by atoms with van der Waals surface area (Å²) in [6.07, 6.45) is 2.12. The fourth-order valence-corrected chi connectivity index (χ4v) is 2.46. The molecule has 1 aromatic carbocycles. The van der Waals surface area contributed by atoms with Crippen LogP contribution in [0.3, 0.4) is 0 Å². The van der Waals surface area contributed by atoms with Crippen LogP contribution in [0.1, 0.15) is 25.3 Å². The van der Waals surface area contributed by atoms with E-state index < -0.39 is 5.97 Å². The molecule has 1 atom stereocenters. The van der Waals surface area contributed by atoms with Crippen LogP contribution in [0.5, 0.6) is 5.75 Å². The minimum Gasteiger partial charge on any atom is -0.482 e. The van der Waals surface area contributed by atoms with Crippen molar-refractivity contribution in [2.75, 3.05) is 26.3 Å². The van der Waals surface area contributed by atoms with Crippen molar-refractivity contribution >= 4 is 11.9 Å². The Bertz CT molecular complexity index is 592. The van der Waals surface area contributed by atoms with E-state index in [9.17, 15) is 9.59 Å². The summed E-state index contributed by atoms with van der Waals surface area (Å²) in [6.45, 7) is 3.04. The molecule has 6 heteroatoms. The zero-order valence-corrected chi connectivity index (χ0v) is 13.2. The summed E-state index contributed by atoms with van der Waals surface area (Å²) in [4.78, 5) is 25.3. The maximum absolute atomic E-state index is 12.0. The SMILES string of the molecule is CC1CCCN(C(=O)COC(=O)COc2ccc(C#N)cc2)C1. The van der Waals surface area contributed by atoms with E-state index in [1.54, 1.807) is 29.2 Å². The Morgan fingerprint density at radius 2 is 2.04 bits per heavy atom. The predicted molar refractivity (Wildman–Crippen MR) is 82.6 cm³/mol. The van der Waals surface area contributed by atoms with Crippen LogP contribution in [-0.4, -0.2) is 43.1 Å². The summed E-state index contributed by atoms with van der Waals surface area (Å²) >= 11 is 0. The molecule has 2 rings (SSSR count). The van der Waals surface area contributed by atoms with Gasteiger partial charge < -0.3 is 14.4 Å². The molecule has 122 valence electrons. The monoisotopic (exact) mass is 316 g/mol. The van der Waals surface area contributed by atoms with E-state index in [-0.39, 0.29) is 19.1 Å². The molecule has 0 N–H and O–H groups in total. The first-order valence-corrected chi connectivity index (χ1v) is 7.65. The molecule has 1 saturated heterocycles. The van der Waals surface area contributed by atoms with Gasteiger partial charge in [-0.1, -0.05) is 6.92 Å². The van der Waals surface area contributed by atoms with Crippen LogP contribution in [0, 0.1) is 17.2 Å². The van der Waals surface area contributed by atoms with E-state index in [4.69, 9.17) is 14.7 Å². The Hall–Kier alpha value is -2.55. The normalized spacial score (nSPS) is 17.2. The summed E-state index contributed by atoms with van der Waals surface area (Å²) in [7, 11) is 0. The summed E-state index contributed by atoms with van der Waals surface area (Å²) in [6, 6.07) is 8.40. The maximum atomic E-state index is 12.0. The molecule has 23 heavy (non-hydrogen) atoms. The van der Waals surface area contributed by atoms with E-state index in [0.717, 1.165) is 25.9 Å². The number of hydrogen-bond acceptors (Lipinski definition) is 5. The van der Waals surface area contributed by atoms with Gasteiger partial charge in [-0.25, -0.2) is 4.79 Å². The van der Waals surface area contributed by atoms with Gasteiger partial charge in [-0.3, -0.25) is 4.79 Å². The lowest BCUT2D eigenvalue weighted by atomic mass is 10.0. The average Bonchev–Trinajstić information content (AvgIpc) is 2.58. The van der Waals surface area contributed by atoms with Crippen LogP contribution < -0.4 is 4.74 Å². The summed E-state index contributed by atoms with van der Waals surface area (Å²) in [5, 5.41) is 8.69. The first-order valence-electron chi connectivity index (χ1n) is 7.65. The molecular weight excluding hydrogens is 296 g/mol. The zero-order valence-electron chi connectivity index (χ0n) is 13.2. The first kappa shape index (κ1) is 16.8. The Labute approximate surface area is 135 Å². The molecule has 0 saturated carbocycles. The lowest BCUT2D eigenvalue weighted by Crippen LogP contribution is -2.41. The van der Waals surface area contributed by atoms with Crippen molar-refractivity contribution < 1.29 is 19.1 Å². The quantitative estimate of drug-likeness (QED) is 0.773. The Kier molecular flexibility index (Phi) is 5.98. The molecule has 1 heterocycles. The van der Waals surface area contributed by atoms with E-state index in [0.29, 0.717) is 17.2 Å². The summed E-state index contributed by atoms with van der Waals surface area (Å²) in [5.41, 5.74) is 0.515. The van der Waals surface area contributed by atoms with Gasteiger partial charge in [0.2, 0.25) is 0 Å². The molecule has 6 nitrogen and oxygen atoms in total. The second-order valence-electron chi connectivity index (χ2n) is 5.67. The number of likely N-dealkylation sites (tertiary alicyclic amines) is 1. The number of amides is 1. The van der Waals surface area contributed by atoms with Crippen molar-refractivity contribution in [3.05, 3.63) is 29.8 Å². The number of rotatable bonds is 5. The van der Waals surface area contributed by atoms with Gasteiger partial charge in [0, 0.05) is 13.1 Å². The summed E-state index contributed by atoms with van der Waals surface area (Å²) in [5.74, 6) is 0.205. The van der Waals surface area contributed by atoms with Crippen LogP contribution in [-0.2, 0) is 14.3 Å². The van der Waals surface area contributed by atoms with Crippen molar-refractivity contribution in [2.45, 2.75) is 19.8 Å². The minimum absolute atomic E-state index is 0.164. The van der Waals surface area contributed by atoms with Gasteiger partial charge in [0.1, 0.15) is 5.75 Å². The van der Waals surface area contributed by atoms with Gasteiger partial charge in [-0.05, 0) is 43.0 Å². The highest BCUT2D eigenvalue weighted by molar-refractivity contribution is 5.81. The van der Waals surface area contributed by atoms with E-state index in [1.165, 1.54) is 0 Å². The van der Waals surface area contributed by atoms with Crippen LogP contribution in [0.2, 0.25) is 0 Å². The number of esters is 1. The molecule has 0 radical (unpaired) electrons. The third-order valence-corrected chi connectivity index (χ3v) is 3.71. The van der Waals surface area contributed by atoms with Gasteiger partial charge in [-0.2, -0.15) is 5.26 Å². The molecular formula is C17H20N2O4. The predicted octanol–water partition coefficient (Wildman–Crippen LogP) is 1.74. The van der Waals surface area contributed by atoms with Gasteiger partial charge >= 0.3 is 5.97 Å². The van der Waals surface area contributed by atoms with Gasteiger partial charge in [0.25, 0.3) is 5.91 Å². The second-order valence-corrected chi connectivity index (χ2v) is 5.67. The largest absolute Gasteiger partial charge is 0.482 e. The number of nitrogens with zero attached hydrogens (tertiary/aromatic N) is 2. The number of piperidine rings is 1. The molecule has 1 amide bonds. The molecule has 1 aliphatic rings. The molecule has 0 aliphatic carbocycles. The first-order chi connectivity index (χ1) is 11.1. The molecule has 1 aromatic rings. The van der Waals surface area contributed by atoms with Gasteiger partial charge in [-0.15, -0.1) is 0 Å². The number of carbonyl (C=O) groups excluding carboxylic acids is 2. The summed E-state index contributed by atoms with van der Waals surface area (Å²) < 4.78 is 10.2. The fourth-order valence-electron chi connectivity index (χ4n) is 2.46. The number of ether oxygens (including phenoxy) is 2. The third kappa shape index (κ3) is 5.29. The van der Waals surface area contributed by atoms with Crippen molar-refractivity contribution in [3.63, 3.8) is 0 Å². The van der Waals surface area contributed by atoms with E-state index >= 15 is 0 Å². The standard InChI is InChI=1S/C17H20N2O4/c1-13-3-2-8-19(10-13)16(20)11-23-17(21)12-22-15-6-4-14(9-18)5-7-15/h4-7,13H,2-3,8,10-12H2,1H3.